The van der Waals surface area contributed by atoms with Gasteiger partial charge in [-0.3, -0.25) is 9.38 Å². The molecule has 6 aromatic rings. The lowest BCUT2D eigenvalue weighted by atomic mass is 10.0. The first kappa shape index (κ1) is 14.4. The van der Waals surface area contributed by atoms with Gasteiger partial charge in [-0.05, 0) is 35.7 Å². The standard InChI is InChI=1S/C24H15N3/c1-3-12-21-17(7-1)15-19(18-10-5-8-16-9-6-14-25-23(16)18)24-26-20-11-2-4-13-22(20)27(21)24/h1-15H. The number of hydrogen-bond donors (Lipinski definition) is 0. The van der Waals surface area contributed by atoms with Gasteiger partial charge in [-0.1, -0.05) is 54.6 Å². The minimum atomic E-state index is 0.966. The maximum atomic E-state index is 4.98. The van der Waals surface area contributed by atoms with Gasteiger partial charge in [0.25, 0.3) is 0 Å². The minimum absolute atomic E-state index is 0.966. The third-order valence-corrected chi connectivity index (χ3v) is 5.20. The molecule has 0 unspecified atom stereocenters. The molecule has 0 aliphatic heterocycles. The maximum Gasteiger partial charge on any atom is 0.146 e. The van der Waals surface area contributed by atoms with Crippen molar-refractivity contribution in [2.24, 2.45) is 0 Å². The van der Waals surface area contributed by atoms with Crippen LogP contribution in [0.3, 0.4) is 0 Å². The predicted octanol–water partition coefficient (Wildman–Crippen LogP) is 5.86. The van der Waals surface area contributed by atoms with Crippen molar-refractivity contribution in [2.45, 2.75) is 0 Å². The average Bonchev–Trinajstić information content (AvgIpc) is 3.13. The molecular weight excluding hydrogens is 330 g/mol. The van der Waals surface area contributed by atoms with Gasteiger partial charge in [-0.2, -0.15) is 0 Å². The molecule has 3 heteroatoms. The van der Waals surface area contributed by atoms with Gasteiger partial charge in [0.05, 0.1) is 22.1 Å². The van der Waals surface area contributed by atoms with E-state index < -0.39 is 0 Å². The molecular formula is C24H15N3. The van der Waals surface area contributed by atoms with Gasteiger partial charge in [-0.25, -0.2) is 4.98 Å². The Bertz CT molecular complexity index is 1470. The fourth-order valence-corrected chi connectivity index (χ4v) is 4.00. The van der Waals surface area contributed by atoms with E-state index in [1.807, 2.05) is 18.3 Å². The molecule has 3 nitrogen and oxygen atoms in total. The van der Waals surface area contributed by atoms with Crippen LogP contribution in [0, 0.1) is 0 Å². The van der Waals surface area contributed by atoms with Gasteiger partial charge in [0.15, 0.2) is 0 Å². The third-order valence-electron chi connectivity index (χ3n) is 5.20. The monoisotopic (exact) mass is 345 g/mol. The highest BCUT2D eigenvalue weighted by Crippen LogP contribution is 2.35. The topological polar surface area (TPSA) is 30.2 Å². The van der Waals surface area contributed by atoms with Crippen LogP contribution in [0.1, 0.15) is 0 Å². The number of benzene rings is 3. The van der Waals surface area contributed by atoms with Crippen molar-refractivity contribution in [3.8, 4) is 11.1 Å². The Kier molecular flexibility index (Phi) is 2.88. The Morgan fingerprint density at radius 2 is 1.41 bits per heavy atom. The van der Waals surface area contributed by atoms with Crippen molar-refractivity contribution in [3.05, 3.63) is 91.1 Å². The third kappa shape index (κ3) is 2.02. The first-order valence-corrected chi connectivity index (χ1v) is 9.03. The summed E-state index contributed by atoms with van der Waals surface area (Å²) in [5.74, 6) is 0. The number of imidazole rings is 1. The van der Waals surface area contributed by atoms with Crippen molar-refractivity contribution in [3.63, 3.8) is 0 Å². The van der Waals surface area contributed by atoms with Crippen LogP contribution in [0.2, 0.25) is 0 Å². The molecule has 126 valence electrons. The normalized spacial score (nSPS) is 11.7. The van der Waals surface area contributed by atoms with E-state index in [0.717, 1.165) is 44.2 Å². The molecule has 0 saturated heterocycles. The summed E-state index contributed by atoms with van der Waals surface area (Å²) in [6.45, 7) is 0. The fraction of sp³-hybridized carbons (Fsp3) is 0. The lowest BCUT2D eigenvalue weighted by molar-refractivity contribution is 1.30. The molecule has 0 N–H and O–H groups in total. The quantitative estimate of drug-likeness (QED) is 0.374. The molecule has 0 fully saturated rings. The Hall–Kier alpha value is -3.72. The summed E-state index contributed by atoms with van der Waals surface area (Å²) in [5, 5.41) is 2.33. The van der Waals surface area contributed by atoms with Crippen LogP contribution in [-0.2, 0) is 0 Å². The van der Waals surface area contributed by atoms with E-state index in [0.29, 0.717) is 0 Å². The summed E-state index contributed by atoms with van der Waals surface area (Å²) in [5.41, 5.74) is 7.48. The molecule has 0 saturated carbocycles. The molecule has 3 heterocycles. The first-order chi connectivity index (χ1) is 13.4. The molecule has 0 aliphatic rings. The zero-order valence-electron chi connectivity index (χ0n) is 14.5. The summed E-state index contributed by atoms with van der Waals surface area (Å²) in [6, 6.07) is 29.4. The molecule has 0 aliphatic carbocycles. The van der Waals surface area contributed by atoms with Crippen molar-refractivity contribution < 1.29 is 0 Å². The van der Waals surface area contributed by atoms with Gasteiger partial charge in [-0.15, -0.1) is 0 Å². The van der Waals surface area contributed by atoms with Gasteiger partial charge in [0, 0.05) is 22.7 Å². The molecule has 27 heavy (non-hydrogen) atoms. The van der Waals surface area contributed by atoms with E-state index in [1.54, 1.807) is 0 Å². The average molecular weight is 345 g/mol. The highest BCUT2D eigenvalue weighted by atomic mass is 15.0. The van der Waals surface area contributed by atoms with Crippen LogP contribution >= 0.6 is 0 Å². The van der Waals surface area contributed by atoms with E-state index >= 15 is 0 Å². The summed E-state index contributed by atoms with van der Waals surface area (Å²) in [4.78, 5) is 9.64. The summed E-state index contributed by atoms with van der Waals surface area (Å²) >= 11 is 0. The van der Waals surface area contributed by atoms with Crippen LogP contribution in [0.25, 0.3) is 49.6 Å². The molecule has 0 amide bonds. The number of hydrogen-bond acceptors (Lipinski definition) is 2. The van der Waals surface area contributed by atoms with Gasteiger partial charge >= 0.3 is 0 Å². The Morgan fingerprint density at radius 3 is 2.37 bits per heavy atom. The van der Waals surface area contributed by atoms with Gasteiger partial charge < -0.3 is 0 Å². The van der Waals surface area contributed by atoms with E-state index in [1.165, 1.54) is 5.39 Å². The molecule has 6 rings (SSSR count). The highest BCUT2D eigenvalue weighted by molar-refractivity contribution is 6.03. The molecule has 0 atom stereocenters. The van der Waals surface area contributed by atoms with Crippen LogP contribution in [0.5, 0.6) is 0 Å². The lowest BCUT2D eigenvalue weighted by Gasteiger charge is -2.11. The maximum absolute atomic E-state index is 4.98. The first-order valence-electron chi connectivity index (χ1n) is 9.03. The second-order valence-corrected chi connectivity index (χ2v) is 6.76. The van der Waals surface area contributed by atoms with Crippen molar-refractivity contribution in [1.29, 1.82) is 0 Å². The van der Waals surface area contributed by atoms with E-state index in [-0.39, 0.29) is 0 Å². The predicted molar refractivity (Wildman–Crippen MR) is 111 cm³/mol. The molecule has 0 bridgehead atoms. The SMILES string of the molecule is c1cnc2c(-c3cc4ccccc4n4c3nc3ccccc34)cccc2c1. The molecule has 0 radical (unpaired) electrons. The highest BCUT2D eigenvalue weighted by Gasteiger charge is 2.15. The number of para-hydroxylation sites is 4. The number of aromatic nitrogens is 3. The Morgan fingerprint density at radius 1 is 0.630 bits per heavy atom. The number of rotatable bonds is 1. The van der Waals surface area contributed by atoms with Crippen LogP contribution in [0.15, 0.2) is 91.1 Å². The number of fused-ring (bicyclic) bond motifs is 6. The van der Waals surface area contributed by atoms with Gasteiger partial charge in [0.2, 0.25) is 0 Å². The summed E-state index contributed by atoms with van der Waals surface area (Å²) in [6.07, 6.45) is 1.85. The smallest absolute Gasteiger partial charge is 0.146 e. The zero-order valence-corrected chi connectivity index (χ0v) is 14.5. The molecule has 3 aromatic carbocycles. The zero-order chi connectivity index (χ0) is 17.8. The summed E-state index contributed by atoms with van der Waals surface area (Å²) < 4.78 is 2.27. The second kappa shape index (κ2) is 5.39. The summed E-state index contributed by atoms with van der Waals surface area (Å²) in [7, 11) is 0. The van der Waals surface area contributed by atoms with Crippen molar-refractivity contribution in [1.82, 2.24) is 14.4 Å². The lowest BCUT2D eigenvalue weighted by Crippen LogP contribution is -1.93. The molecule has 0 spiro atoms. The van der Waals surface area contributed by atoms with Crippen LogP contribution in [0.4, 0.5) is 0 Å². The Balaban J connectivity index is 1.86. The fourth-order valence-electron chi connectivity index (χ4n) is 4.00. The second-order valence-electron chi connectivity index (χ2n) is 6.76. The number of nitrogens with zero attached hydrogens (tertiary/aromatic N) is 3. The molecule has 3 aromatic heterocycles. The van der Waals surface area contributed by atoms with Crippen molar-refractivity contribution in [2.75, 3.05) is 0 Å². The van der Waals surface area contributed by atoms with E-state index in [9.17, 15) is 0 Å². The largest absolute Gasteiger partial charge is 0.292 e. The van der Waals surface area contributed by atoms with E-state index in [2.05, 4.69) is 82.2 Å². The minimum Gasteiger partial charge on any atom is -0.292 e. The van der Waals surface area contributed by atoms with Crippen LogP contribution in [-0.4, -0.2) is 14.4 Å². The number of pyridine rings is 2. The van der Waals surface area contributed by atoms with E-state index in [4.69, 9.17) is 4.98 Å². The van der Waals surface area contributed by atoms with Gasteiger partial charge in [0.1, 0.15) is 5.65 Å². The van der Waals surface area contributed by atoms with Crippen molar-refractivity contribution >= 4 is 38.5 Å². The van der Waals surface area contributed by atoms with Crippen LogP contribution < -0.4 is 0 Å². The Labute approximate surface area is 155 Å².